The van der Waals surface area contributed by atoms with Crippen LogP contribution in [-0.2, 0) is 6.18 Å². The average Bonchev–Trinajstić information content (AvgIpc) is 2.38. The third-order valence-electron chi connectivity index (χ3n) is 3.17. The van der Waals surface area contributed by atoms with E-state index in [-0.39, 0.29) is 11.5 Å². The summed E-state index contributed by atoms with van der Waals surface area (Å²) >= 11 is 0. The van der Waals surface area contributed by atoms with Gasteiger partial charge in [0.15, 0.2) is 5.78 Å². The number of rotatable bonds is 2. The van der Waals surface area contributed by atoms with E-state index in [0.29, 0.717) is 13.0 Å². The molecule has 98 valence electrons. The van der Waals surface area contributed by atoms with Crippen LogP contribution in [0.3, 0.4) is 0 Å². The van der Waals surface area contributed by atoms with Crippen molar-refractivity contribution >= 4 is 5.78 Å². The fourth-order valence-corrected chi connectivity index (χ4v) is 2.24. The predicted molar refractivity (Wildman–Crippen MR) is 61.4 cm³/mol. The molecule has 0 aromatic heterocycles. The Balaban J connectivity index is 2.30. The van der Waals surface area contributed by atoms with Gasteiger partial charge in [0, 0.05) is 18.0 Å². The van der Waals surface area contributed by atoms with E-state index in [1.165, 1.54) is 18.2 Å². The molecule has 1 aliphatic heterocycles. The average molecular weight is 257 g/mol. The Labute approximate surface area is 103 Å². The first kappa shape index (κ1) is 13.1. The van der Waals surface area contributed by atoms with Gasteiger partial charge in [0.05, 0.1) is 5.56 Å². The summed E-state index contributed by atoms with van der Waals surface area (Å²) < 4.78 is 38.4. The fourth-order valence-electron chi connectivity index (χ4n) is 2.24. The maximum absolute atomic E-state index is 12.8. The summed E-state index contributed by atoms with van der Waals surface area (Å²) in [4.78, 5) is 12.1. The van der Waals surface area contributed by atoms with Crippen LogP contribution in [0.4, 0.5) is 13.2 Å². The van der Waals surface area contributed by atoms with Gasteiger partial charge in [-0.3, -0.25) is 4.79 Å². The summed E-state index contributed by atoms with van der Waals surface area (Å²) in [7, 11) is 0. The van der Waals surface area contributed by atoms with Gasteiger partial charge >= 0.3 is 6.18 Å². The van der Waals surface area contributed by atoms with Crippen molar-refractivity contribution in [3.05, 3.63) is 35.4 Å². The Morgan fingerprint density at radius 2 is 2.00 bits per heavy atom. The lowest BCUT2D eigenvalue weighted by Gasteiger charge is -2.22. The minimum absolute atomic E-state index is 0.210. The number of ketones is 1. The quantitative estimate of drug-likeness (QED) is 0.825. The van der Waals surface area contributed by atoms with Crippen molar-refractivity contribution in [2.24, 2.45) is 5.92 Å². The second-order valence-electron chi connectivity index (χ2n) is 4.45. The smallest absolute Gasteiger partial charge is 0.316 e. The van der Waals surface area contributed by atoms with Gasteiger partial charge in [0.2, 0.25) is 0 Å². The molecule has 0 aliphatic carbocycles. The molecule has 0 saturated carbocycles. The van der Waals surface area contributed by atoms with Crippen molar-refractivity contribution in [3.8, 4) is 0 Å². The van der Waals surface area contributed by atoms with Gasteiger partial charge < -0.3 is 5.32 Å². The third kappa shape index (κ3) is 2.72. The van der Waals surface area contributed by atoms with Crippen molar-refractivity contribution < 1.29 is 18.0 Å². The molecule has 2 rings (SSSR count). The largest absolute Gasteiger partial charge is 0.417 e. The first-order valence-corrected chi connectivity index (χ1v) is 5.91. The number of Topliss-reactive ketones (excluding diaryl/α,β-unsaturated/α-hetero) is 1. The highest BCUT2D eigenvalue weighted by Crippen LogP contribution is 2.33. The molecular weight excluding hydrogens is 243 g/mol. The summed E-state index contributed by atoms with van der Waals surface area (Å²) in [5, 5.41) is 3.04. The monoisotopic (exact) mass is 257 g/mol. The molecule has 1 unspecified atom stereocenters. The fraction of sp³-hybridized carbons (Fsp3) is 0.462. The van der Waals surface area contributed by atoms with Crippen LogP contribution in [0.15, 0.2) is 24.3 Å². The highest BCUT2D eigenvalue weighted by atomic mass is 19.4. The second kappa shape index (κ2) is 5.10. The Morgan fingerprint density at radius 1 is 1.28 bits per heavy atom. The molecule has 18 heavy (non-hydrogen) atoms. The highest BCUT2D eigenvalue weighted by molar-refractivity contribution is 5.99. The van der Waals surface area contributed by atoms with E-state index in [1.54, 1.807) is 0 Å². The van der Waals surface area contributed by atoms with Gasteiger partial charge in [-0.05, 0) is 25.5 Å². The normalized spacial score (nSPS) is 20.7. The topological polar surface area (TPSA) is 29.1 Å². The number of alkyl halides is 3. The van der Waals surface area contributed by atoms with Crippen LogP contribution in [-0.4, -0.2) is 18.9 Å². The number of halogens is 3. The molecule has 0 bridgehead atoms. The van der Waals surface area contributed by atoms with E-state index in [0.717, 1.165) is 19.0 Å². The van der Waals surface area contributed by atoms with Crippen LogP contribution in [0.2, 0.25) is 0 Å². The van der Waals surface area contributed by atoms with Crippen LogP contribution in [0, 0.1) is 5.92 Å². The standard InChI is InChI=1S/C13H14F3NO/c14-13(15,16)11-6-2-1-5-10(11)12(18)9-4-3-7-17-8-9/h1-2,5-6,9,17H,3-4,7-8H2. The molecule has 0 spiro atoms. The minimum Gasteiger partial charge on any atom is -0.316 e. The van der Waals surface area contributed by atoms with E-state index in [4.69, 9.17) is 0 Å². The van der Waals surface area contributed by atoms with Crippen molar-refractivity contribution in [2.45, 2.75) is 19.0 Å². The third-order valence-corrected chi connectivity index (χ3v) is 3.17. The van der Waals surface area contributed by atoms with Gasteiger partial charge in [-0.2, -0.15) is 13.2 Å². The SMILES string of the molecule is O=C(c1ccccc1C(F)(F)F)C1CCCNC1. The number of piperidine rings is 1. The molecule has 1 fully saturated rings. The van der Waals surface area contributed by atoms with Crippen LogP contribution >= 0.6 is 0 Å². The van der Waals surface area contributed by atoms with E-state index < -0.39 is 17.5 Å². The number of hydrogen-bond acceptors (Lipinski definition) is 2. The molecule has 1 aliphatic rings. The maximum atomic E-state index is 12.8. The zero-order valence-electron chi connectivity index (χ0n) is 9.76. The lowest BCUT2D eigenvalue weighted by molar-refractivity contribution is -0.137. The van der Waals surface area contributed by atoms with Gasteiger partial charge in [0.1, 0.15) is 0 Å². The molecule has 0 radical (unpaired) electrons. The molecule has 1 heterocycles. The molecule has 1 saturated heterocycles. The zero-order chi connectivity index (χ0) is 13.2. The Bertz CT molecular complexity index is 436. The minimum atomic E-state index is -4.48. The Hall–Kier alpha value is -1.36. The van der Waals surface area contributed by atoms with Crippen molar-refractivity contribution in [3.63, 3.8) is 0 Å². The summed E-state index contributed by atoms with van der Waals surface area (Å²) in [6, 6.07) is 5.00. The molecule has 2 nitrogen and oxygen atoms in total. The number of hydrogen-bond donors (Lipinski definition) is 1. The second-order valence-corrected chi connectivity index (χ2v) is 4.45. The molecule has 1 N–H and O–H groups in total. The molecule has 1 aromatic carbocycles. The Morgan fingerprint density at radius 3 is 2.61 bits per heavy atom. The molecule has 1 atom stereocenters. The Kier molecular flexibility index (Phi) is 3.71. The van der Waals surface area contributed by atoms with Crippen LogP contribution in [0.25, 0.3) is 0 Å². The lowest BCUT2D eigenvalue weighted by atomic mass is 9.89. The molecule has 5 heteroatoms. The zero-order valence-corrected chi connectivity index (χ0v) is 9.76. The number of benzene rings is 1. The van der Waals surface area contributed by atoms with Crippen LogP contribution in [0.5, 0.6) is 0 Å². The van der Waals surface area contributed by atoms with Crippen LogP contribution < -0.4 is 5.32 Å². The first-order chi connectivity index (χ1) is 8.50. The van der Waals surface area contributed by atoms with Crippen molar-refractivity contribution in [1.29, 1.82) is 0 Å². The number of carbonyl (C=O) groups excluding carboxylic acids is 1. The van der Waals surface area contributed by atoms with Gasteiger partial charge in [-0.15, -0.1) is 0 Å². The summed E-state index contributed by atoms with van der Waals surface area (Å²) in [6.45, 7) is 1.29. The number of nitrogens with one attached hydrogen (secondary N) is 1. The van der Waals surface area contributed by atoms with E-state index >= 15 is 0 Å². The van der Waals surface area contributed by atoms with Crippen LogP contribution in [0.1, 0.15) is 28.8 Å². The molecule has 0 amide bonds. The van der Waals surface area contributed by atoms with Gasteiger partial charge in [-0.25, -0.2) is 0 Å². The molecule has 1 aromatic rings. The van der Waals surface area contributed by atoms with E-state index in [9.17, 15) is 18.0 Å². The number of carbonyl (C=O) groups is 1. The summed E-state index contributed by atoms with van der Waals surface area (Å²) in [6.07, 6.45) is -3.00. The predicted octanol–water partition coefficient (Wildman–Crippen LogP) is 2.89. The van der Waals surface area contributed by atoms with Gasteiger partial charge in [-0.1, -0.05) is 18.2 Å². The van der Waals surface area contributed by atoms with E-state index in [1.807, 2.05) is 0 Å². The van der Waals surface area contributed by atoms with Gasteiger partial charge in [0.25, 0.3) is 0 Å². The lowest BCUT2D eigenvalue weighted by Crippen LogP contribution is -2.35. The van der Waals surface area contributed by atoms with Crippen molar-refractivity contribution in [2.75, 3.05) is 13.1 Å². The summed E-state index contributed by atoms with van der Waals surface area (Å²) in [5.41, 5.74) is -1.04. The molecular formula is C13H14F3NO. The maximum Gasteiger partial charge on any atom is 0.417 e. The highest BCUT2D eigenvalue weighted by Gasteiger charge is 2.36. The van der Waals surface area contributed by atoms with E-state index in [2.05, 4.69) is 5.32 Å². The summed E-state index contributed by atoms with van der Waals surface area (Å²) in [5.74, 6) is -0.752. The first-order valence-electron chi connectivity index (χ1n) is 5.91. The van der Waals surface area contributed by atoms with Crippen molar-refractivity contribution in [1.82, 2.24) is 5.32 Å².